The number of sulfonamides is 1. The molecular formula is C36H36BrN3O6S2. The van der Waals surface area contributed by atoms with E-state index in [0.717, 1.165) is 15.7 Å². The number of furan rings is 1. The lowest BCUT2D eigenvalue weighted by Crippen LogP contribution is -2.54. The zero-order valence-electron chi connectivity index (χ0n) is 26.9. The third-order valence-corrected chi connectivity index (χ3v) is 12.2. The first kappa shape index (κ1) is 33.8. The summed E-state index contributed by atoms with van der Waals surface area (Å²) in [5, 5.41) is 2.42. The van der Waals surface area contributed by atoms with Crippen LogP contribution in [0.25, 0.3) is 11.0 Å². The maximum atomic E-state index is 14.7. The van der Waals surface area contributed by atoms with E-state index in [4.69, 9.17) is 9.15 Å². The molecular weight excluding hydrogens is 714 g/mol. The van der Waals surface area contributed by atoms with Gasteiger partial charge in [0.25, 0.3) is 15.9 Å². The number of aryl methyl sites for hydroxylation is 1. The van der Waals surface area contributed by atoms with E-state index in [9.17, 15) is 18.0 Å². The summed E-state index contributed by atoms with van der Waals surface area (Å²) in [4.78, 5) is 30.6. The summed E-state index contributed by atoms with van der Waals surface area (Å²) in [6, 6.07) is 23.8. The molecule has 1 aliphatic rings. The Morgan fingerprint density at radius 1 is 1.04 bits per heavy atom. The largest absolute Gasteiger partial charge is 0.460 e. The summed E-state index contributed by atoms with van der Waals surface area (Å²) in [5.41, 5.74) is 3.26. The minimum absolute atomic E-state index is 0.0141. The van der Waals surface area contributed by atoms with Crippen molar-refractivity contribution in [2.45, 2.75) is 38.1 Å². The van der Waals surface area contributed by atoms with Gasteiger partial charge in [-0.15, -0.1) is 11.3 Å². The molecule has 1 atom stereocenters. The van der Waals surface area contributed by atoms with Crippen molar-refractivity contribution < 1.29 is 27.2 Å². The number of piperazine rings is 1. The summed E-state index contributed by atoms with van der Waals surface area (Å²) in [6.07, 6.45) is 0.488. The fourth-order valence-corrected chi connectivity index (χ4v) is 9.15. The molecule has 0 N–H and O–H groups in total. The smallest absolute Gasteiger partial charge is 0.374 e. The number of ether oxygens (including phenoxy) is 1. The molecule has 3 aromatic carbocycles. The highest BCUT2D eigenvalue weighted by atomic mass is 79.9. The van der Waals surface area contributed by atoms with E-state index >= 15 is 0 Å². The van der Waals surface area contributed by atoms with Crippen molar-refractivity contribution in [1.29, 1.82) is 0 Å². The number of carbonyl (C=O) groups is 2. The zero-order valence-corrected chi connectivity index (χ0v) is 30.1. The summed E-state index contributed by atoms with van der Waals surface area (Å²) < 4.78 is 42.6. The van der Waals surface area contributed by atoms with Crippen LogP contribution in [0.2, 0.25) is 0 Å². The third-order valence-electron chi connectivity index (χ3n) is 8.59. The first-order valence-electron chi connectivity index (χ1n) is 15.7. The number of carbonyl (C=O) groups excluding carboxylic acids is 2. The fourth-order valence-electron chi connectivity index (χ4n) is 6.13. The van der Waals surface area contributed by atoms with Crippen LogP contribution >= 0.6 is 27.3 Å². The molecule has 1 amide bonds. The van der Waals surface area contributed by atoms with Crippen LogP contribution < -0.4 is 9.21 Å². The maximum absolute atomic E-state index is 14.7. The van der Waals surface area contributed by atoms with Gasteiger partial charge in [0.1, 0.15) is 10.5 Å². The van der Waals surface area contributed by atoms with Gasteiger partial charge in [0.2, 0.25) is 5.76 Å². The van der Waals surface area contributed by atoms with Crippen molar-refractivity contribution >= 4 is 71.5 Å². The number of fused-ring (bicyclic) bond motifs is 1. The molecule has 5 aromatic rings. The zero-order chi connectivity index (χ0) is 34.0. The summed E-state index contributed by atoms with van der Waals surface area (Å²) in [7, 11) is -4.11. The first-order valence-corrected chi connectivity index (χ1v) is 18.9. The Morgan fingerprint density at radius 3 is 2.50 bits per heavy atom. The topological polar surface area (TPSA) is 100 Å². The van der Waals surface area contributed by atoms with E-state index in [0.29, 0.717) is 53.2 Å². The third kappa shape index (κ3) is 6.61. The predicted molar refractivity (Wildman–Crippen MR) is 193 cm³/mol. The van der Waals surface area contributed by atoms with Crippen molar-refractivity contribution in [3.8, 4) is 0 Å². The molecule has 1 saturated heterocycles. The Balaban J connectivity index is 1.36. The van der Waals surface area contributed by atoms with E-state index in [1.807, 2.05) is 70.9 Å². The highest BCUT2D eigenvalue weighted by molar-refractivity contribution is 9.10. The SMILES string of the molecule is CCOC(=O)c1oc2ccc(S(=O)(=O)N(CCc3ccccc3)c3ccccc3N3CCN(C(=O)c4sccc4Br)C[C@H]3C)cc2c1C. The van der Waals surface area contributed by atoms with Crippen LogP contribution in [0.4, 0.5) is 11.4 Å². The van der Waals surface area contributed by atoms with Crippen molar-refractivity contribution in [2.24, 2.45) is 0 Å². The van der Waals surface area contributed by atoms with Gasteiger partial charge < -0.3 is 19.0 Å². The van der Waals surface area contributed by atoms with Gasteiger partial charge >= 0.3 is 5.97 Å². The number of anilines is 2. The summed E-state index contributed by atoms with van der Waals surface area (Å²) in [6.45, 7) is 7.41. The molecule has 1 fully saturated rings. The predicted octanol–water partition coefficient (Wildman–Crippen LogP) is 7.53. The van der Waals surface area contributed by atoms with Crippen molar-refractivity contribution in [3.63, 3.8) is 0 Å². The van der Waals surface area contributed by atoms with E-state index in [1.54, 1.807) is 26.0 Å². The lowest BCUT2D eigenvalue weighted by atomic mass is 10.1. The second-order valence-corrected chi connectivity index (χ2v) is 15.3. The molecule has 1 aliphatic heterocycles. The van der Waals surface area contributed by atoms with Gasteiger partial charge in [-0.2, -0.15) is 0 Å². The molecule has 48 heavy (non-hydrogen) atoms. The minimum Gasteiger partial charge on any atom is -0.460 e. The Labute approximate surface area is 292 Å². The average Bonchev–Trinajstić information content (AvgIpc) is 3.67. The van der Waals surface area contributed by atoms with Crippen molar-refractivity contribution in [2.75, 3.05) is 42.0 Å². The highest BCUT2D eigenvalue weighted by Gasteiger charge is 2.33. The summed E-state index contributed by atoms with van der Waals surface area (Å²) >= 11 is 4.90. The number of esters is 1. The van der Waals surface area contributed by atoms with Crippen LogP contribution in [0, 0.1) is 6.92 Å². The number of amides is 1. The van der Waals surface area contributed by atoms with Crippen LogP contribution in [0.5, 0.6) is 0 Å². The molecule has 250 valence electrons. The molecule has 2 aromatic heterocycles. The average molecular weight is 751 g/mol. The number of benzene rings is 3. The van der Waals surface area contributed by atoms with Gasteiger partial charge in [-0.3, -0.25) is 9.10 Å². The Bertz CT molecular complexity index is 2060. The molecule has 0 radical (unpaired) electrons. The number of rotatable bonds is 10. The van der Waals surface area contributed by atoms with Crippen LogP contribution in [0.3, 0.4) is 0 Å². The maximum Gasteiger partial charge on any atom is 0.374 e. The van der Waals surface area contributed by atoms with Crippen molar-refractivity contribution in [1.82, 2.24) is 4.90 Å². The molecule has 12 heteroatoms. The number of nitrogens with zero attached hydrogens (tertiary/aromatic N) is 3. The van der Waals surface area contributed by atoms with Gasteiger partial charge in [0, 0.05) is 47.6 Å². The lowest BCUT2D eigenvalue weighted by Gasteiger charge is -2.42. The monoisotopic (exact) mass is 749 g/mol. The number of hydrogen-bond acceptors (Lipinski definition) is 8. The number of thiophene rings is 1. The number of hydrogen-bond donors (Lipinski definition) is 0. The number of halogens is 1. The standard InChI is InChI=1S/C36H36BrN3O6S2/c1-4-45-36(42)33-25(3)28-22-27(14-15-32(28)46-33)48(43,44)40(18-16-26-10-6-5-7-11-26)31-13-9-8-12-30(31)39-20-19-38(23-24(39)2)35(41)34-29(37)17-21-47-34/h5-15,17,21-22,24H,4,16,18-20,23H2,1-3H3/t24-/m1/s1. The molecule has 6 rings (SSSR count). The van der Waals surface area contributed by atoms with Gasteiger partial charge in [-0.1, -0.05) is 42.5 Å². The normalized spacial score (nSPS) is 15.1. The second kappa shape index (κ2) is 14.2. The minimum atomic E-state index is -4.11. The van der Waals surface area contributed by atoms with E-state index in [-0.39, 0.29) is 35.8 Å². The molecule has 3 heterocycles. The van der Waals surface area contributed by atoms with Gasteiger partial charge in [0.15, 0.2) is 0 Å². The Morgan fingerprint density at radius 2 is 1.79 bits per heavy atom. The first-order chi connectivity index (χ1) is 23.1. The van der Waals surface area contributed by atoms with Crippen LogP contribution in [-0.4, -0.2) is 64.0 Å². The fraction of sp³-hybridized carbons (Fsp3) is 0.278. The van der Waals surface area contributed by atoms with Crippen LogP contribution in [0.1, 0.15) is 45.2 Å². The van der Waals surface area contributed by atoms with Gasteiger partial charge in [-0.05, 0) is 90.5 Å². The number of para-hydroxylation sites is 2. The molecule has 0 bridgehead atoms. The van der Waals surface area contributed by atoms with Gasteiger partial charge in [0.05, 0.1) is 22.9 Å². The van der Waals surface area contributed by atoms with Crippen LogP contribution in [-0.2, 0) is 21.2 Å². The van der Waals surface area contributed by atoms with E-state index < -0.39 is 16.0 Å². The molecule has 0 saturated carbocycles. The van der Waals surface area contributed by atoms with Gasteiger partial charge in [-0.25, -0.2) is 13.2 Å². The molecule has 0 unspecified atom stereocenters. The second-order valence-electron chi connectivity index (χ2n) is 11.6. The Hall–Kier alpha value is -4.13. The van der Waals surface area contributed by atoms with Crippen molar-refractivity contribution in [3.05, 3.63) is 110 Å². The Kier molecular flexibility index (Phi) is 9.95. The van der Waals surface area contributed by atoms with E-state index in [1.165, 1.54) is 21.7 Å². The highest BCUT2D eigenvalue weighted by Crippen LogP contribution is 2.37. The van der Waals surface area contributed by atoms with E-state index in [2.05, 4.69) is 27.8 Å². The summed E-state index contributed by atoms with van der Waals surface area (Å²) in [5.74, 6) is -0.543. The quantitative estimate of drug-likeness (QED) is 0.136. The molecule has 0 aliphatic carbocycles. The van der Waals surface area contributed by atoms with Crippen LogP contribution in [0.15, 0.2) is 98.0 Å². The lowest BCUT2D eigenvalue weighted by molar-refractivity contribution is 0.0491. The molecule has 0 spiro atoms. The molecule has 9 nitrogen and oxygen atoms in total.